The Bertz CT molecular complexity index is 534. The second kappa shape index (κ2) is 5.67. The van der Waals surface area contributed by atoms with Crippen molar-refractivity contribution in [2.75, 3.05) is 0 Å². The van der Waals surface area contributed by atoms with Crippen molar-refractivity contribution in [3.8, 4) is 0 Å². The number of H-pyrrole nitrogens is 2. The van der Waals surface area contributed by atoms with Gasteiger partial charge in [0.15, 0.2) is 0 Å². The van der Waals surface area contributed by atoms with Crippen molar-refractivity contribution < 1.29 is 0 Å². The molecule has 0 aliphatic rings. The Labute approximate surface area is 111 Å². The molecule has 0 saturated carbocycles. The topological polar surface area (TPSA) is 31.6 Å². The largest absolute Gasteiger partial charge is 0.352 e. The first-order chi connectivity index (χ1) is 7.77. The van der Waals surface area contributed by atoms with E-state index in [0.29, 0.717) is 0 Å². The van der Waals surface area contributed by atoms with Crippen molar-refractivity contribution in [1.29, 1.82) is 0 Å². The van der Waals surface area contributed by atoms with E-state index < -0.39 is 0 Å². The van der Waals surface area contributed by atoms with Crippen LogP contribution in [-0.2, 0) is 0 Å². The molecule has 0 fully saturated rings. The Morgan fingerprint density at radius 3 is 1.62 bits per heavy atom. The summed E-state index contributed by atoms with van der Waals surface area (Å²) in [5.74, 6) is 0. The highest BCUT2D eigenvalue weighted by Gasteiger charge is 2.00. The summed E-state index contributed by atoms with van der Waals surface area (Å²) in [6, 6.07) is 7.85. The van der Waals surface area contributed by atoms with Crippen LogP contribution in [0.2, 0.25) is 0 Å². The molecule has 0 radical (unpaired) electrons. The zero-order valence-electron chi connectivity index (χ0n) is 8.10. The molecule has 2 aromatic heterocycles. The fourth-order valence-corrected chi connectivity index (χ4v) is 3.96. The van der Waals surface area contributed by atoms with Crippen molar-refractivity contribution in [2.45, 2.75) is 9.79 Å². The van der Waals surface area contributed by atoms with Crippen molar-refractivity contribution in [1.82, 2.24) is 9.97 Å². The van der Waals surface area contributed by atoms with E-state index in [-0.39, 0.29) is 0 Å². The molecule has 2 heterocycles. The van der Waals surface area contributed by atoms with Gasteiger partial charge in [-0.25, -0.2) is 0 Å². The van der Waals surface area contributed by atoms with Crippen LogP contribution in [0.15, 0.2) is 46.5 Å². The summed E-state index contributed by atoms with van der Waals surface area (Å²) in [4.78, 5) is 8.08. The van der Waals surface area contributed by atoms with Crippen molar-refractivity contribution in [2.24, 2.45) is 0 Å². The second-order valence-corrected chi connectivity index (χ2v) is 5.92. The number of aromatic nitrogens is 2. The number of hydrogen-bond donors (Lipinski definition) is 2. The van der Waals surface area contributed by atoms with Crippen LogP contribution in [0.3, 0.4) is 0 Å². The minimum Gasteiger partial charge on any atom is -0.352 e. The first-order valence-electron chi connectivity index (χ1n) is 4.47. The lowest BCUT2D eigenvalue weighted by Crippen LogP contribution is -1.77. The van der Waals surface area contributed by atoms with E-state index >= 15 is 0 Å². The maximum atomic E-state index is 5.18. The molecule has 0 aliphatic heterocycles. The van der Waals surface area contributed by atoms with Crippen molar-refractivity contribution in [3.05, 3.63) is 45.9 Å². The fourth-order valence-electron chi connectivity index (χ4n) is 1.03. The zero-order valence-corrected chi connectivity index (χ0v) is 11.4. The molecule has 2 nitrogen and oxygen atoms in total. The van der Waals surface area contributed by atoms with Gasteiger partial charge in [-0.05, 0) is 45.9 Å². The first kappa shape index (κ1) is 11.9. The molecule has 0 saturated heterocycles. The molecule has 0 aliphatic carbocycles. The smallest absolute Gasteiger partial charge is 0.117 e. The molecular weight excluding hydrogens is 276 g/mol. The summed E-state index contributed by atoms with van der Waals surface area (Å²) in [5.41, 5.74) is 0. The highest BCUT2D eigenvalue weighted by atomic mass is 33.1. The van der Waals surface area contributed by atoms with Gasteiger partial charge in [-0.2, -0.15) is 0 Å². The Hall–Kier alpha value is -0.560. The third-order valence-electron chi connectivity index (χ3n) is 1.79. The summed E-state index contributed by atoms with van der Waals surface area (Å²) >= 11 is 10.4. The van der Waals surface area contributed by atoms with Crippen molar-refractivity contribution >= 4 is 46.0 Å². The van der Waals surface area contributed by atoms with Gasteiger partial charge in [-0.3, -0.25) is 0 Å². The molecule has 82 valence electrons. The van der Waals surface area contributed by atoms with E-state index in [4.69, 9.17) is 24.4 Å². The van der Waals surface area contributed by atoms with E-state index in [2.05, 4.69) is 9.97 Å². The van der Waals surface area contributed by atoms with Gasteiger partial charge in [-0.15, -0.1) is 0 Å². The number of pyridine rings is 2. The molecule has 0 unspecified atom stereocenters. The van der Waals surface area contributed by atoms with Crippen molar-refractivity contribution in [3.63, 3.8) is 0 Å². The maximum absolute atomic E-state index is 5.18. The molecule has 0 bridgehead atoms. The van der Waals surface area contributed by atoms with Crippen LogP contribution >= 0.6 is 46.0 Å². The van der Waals surface area contributed by atoms with E-state index in [1.165, 1.54) is 0 Å². The van der Waals surface area contributed by atoms with Crippen LogP contribution in [0.5, 0.6) is 0 Å². The van der Waals surface area contributed by atoms with Gasteiger partial charge in [0, 0.05) is 12.4 Å². The Morgan fingerprint density at radius 1 is 0.812 bits per heavy atom. The average Bonchev–Trinajstić information content (AvgIpc) is 2.30. The summed E-state index contributed by atoms with van der Waals surface area (Å²) < 4.78 is 1.51. The summed E-state index contributed by atoms with van der Waals surface area (Å²) in [7, 11) is 3.22. The maximum Gasteiger partial charge on any atom is 0.117 e. The molecule has 0 amide bonds. The third kappa shape index (κ3) is 2.98. The molecule has 0 spiro atoms. The molecule has 0 aromatic carbocycles. The SMILES string of the molecule is S=c1[nH]cccc1SSc1ccc[nH]c1=S. The Balaban J connectivity index is 2.15. The summed E-state index contributed by atoms with van der Waals surface area (Å²) in [6.07, 6.45) is 3.65. The van der Waals surface area contributed by atoms with E-state index in [9.17, 15) is 0 Å². The molecule has 16 heavy (non-hydrogen) atoms. The monoisotopic (exact) mass is 284 g/mol. The third-order valence-corrected chi connectivity index (χ3v) is 5.17. The van der Waals surface area contributed by atoms with Gasteiger partial charge >= 0.3 is 0 Å². The van der Waals surface area contributed by atoms with E-state index in [1.54, 1.807) is 21.6 Å². The molecule has 0 atom stereocenters. The standard InChI is InChI=1S/C10H8N2S4/c13-9-7(3-1-5-11-9)15-16-8-4-2-6-12-10(8)14/h1-6H,(H,11,13)(H,12,14). The number of aromatic amines is 2. The second-order valence-electron chi connectivity index (χ2n) is 2.89. The van der Waals surface area contributed by atoms with Crippen LogP contribution in [0.25, 0.3) is 0 Å². The van der Waals surface area contributed by atoms with Gasteiger partial charge in [0.25, 0.3) is 0 Å². The highest BCUT2D eigenvalue weighted by Crippen LogP contribution is 2.37. The van der Waals surface area contributed by atoms with Gasteiger partial charge in [-0.1, -0.05) is 24.4 Å². The minimum absolute atomic E-state index is 0.755. The Morgan fingerprint density at radius 2 is 1.25 bits per heavy atom. The summed E-state index contributed by atoms with van der Waals surface area (Å²) in [5, 5.41) is 0. The van der Waals surface area contributed by atoms with Gasteiger partial charge in [0.2, 0.25) is 0 Å². The fraction of sp³-hybridized carbons (Fsp3) is 0. The number of hydrogen-bond acceptors (Lipinski definition) is 4. The predicted octanol–water partition coefficient (Wildman–Crippen LogP) is 4.60. The van der Waals surface area contributed by atoms with Crippen LogP contribution in [0.4, 0.5) is 0 Å². The normalized spacial score (nSPS) is 10.2. The number of rotatable bonds is 3. The lowest BCUT2D eigenvalue weighted by atomic mass is 10.5. The highest BCUT2D eigenvalue weighted by molar-refractivity contribution is 8.76. The first-order valence-corrected chi connectivity index (χ1v) is 7.44. The van der Waals surface area contributed by atoms with Gasteiger partial charge in [0.1, 0.15) is 9.28 Å². The molecule has 2 N–H and O–H groups in total. The predicted molar refractivity (Wildman–Crippen MR) is 75.0 cm³/mol. The average molecular weight is 284 g/mol. The molecule has 6 heteroatoms. The minimum atomic E-state index is 0.755. The molecular formula is C10H8N2S4. The lowest BCUT2D eigenvalue weighted by Gasteiger charge is -2.00. The van der Waals surface area contributed by atoms with Crippen LogP contribution < -0.4 is 0 Å². The molecule has 2 rings (SSSR count). The quantitative estimate of drug-likeness (QED) is 0.637. The van der Waals surface area contributed by atoms with Crippen LogP contribution in [0, 0.1) is 9.28 Å². The Kier molecular flexibility index (Phi) is 4.22. The van der Waals surface area contributed by atoms with Crippen LogP contribution in [-0.4, -0.2) is 9.97 Å². The molecule has 2 aromatic rings. The van der Waals surface area contributed by atoms with Crippen LogP contribution in [0.1, 0.15) is 0 Å². The van der Waals surface area contributed by atoms with E-state index in [0.717, 1.165) is 19.1 Å². The van der Waals surface area contributed by atoms with E-state index in [1.807, 2.05) is 36.7 Å². The van der Waals surface area contributed by atoms with Gasteiger partial charge < -0.3 is 9.97 Å². The lowest BCUT2D eigenvalue weighted by molar-refractivity contribution is 1.20. The zero-order chi connectivity index (χ0) is 11.4. The van der Waals surface area contributed by atoms with Gasteiger partial charge in [0.05, 0.1) is 9.79 Å². The number of nitrogens with one attached hydrogen (secondary N) is 2. The summed E-state index contributed by atoms with van der Waals surface area (Å²) in [6.45, 7) is 0.